The van der Waals surface area contributed by atoms with E-state index in [1.807, 2.05) is 13.0 Å². The SMILES string of the molecule is Cc1cccc(Nc2cc([N+](=O)[O-])c3c(c2O)C(=O)c2c(O)cccc2C3=O)c1. The minimum atomic E-state index is -0.860. The molecule has 3 N–H and O–H groups in total. The van der Waals surface area contributed by atoms with Crippen molar-refractivity contribution in [2.24, 2.45) is 0 Å². The molecule has 0 spiro atoms. The zero-order valence-corrected chi connectivity index (χ0v) is 15.1. The Labute approximate surface area is 164 Å². The number of rotatable bonds is 3. The van der Waals surface area contributed by atoms with Gasteiger partial charge >= 0.3 is 0 Å². The van der Waals surface area contributed by atoms with E-state index in [2.05, 4.69) is 5.32 Å². The van der Waals surface area contributed by atoms with Crippen molar-refractivity contribution in [3.8, 4) is 11.5 Å². The second-order valence-electron chi connectivity index (χ2n) is 6.65. The van der Waals surface area contributed by atoms with Crippen LogP contribution in [-0.2, 0) is 0 Å². The maximum atomic E-state index is 13.0. The highest BCUT2D eigenvalue weighted by Crippen LogP contribution is 2.44. The summed E-state index contributed by atoms with van der Waals surface area (Å²) < 4.78 is 0. The van der Waals surface area contributed by atoms with Crippen molar-refractivity contribution in [3.05, 3.63) is 86.5 Å². The monoisotopic (exact) mass is 390 g/mol. The fraction of sp³-hybridized carbons (Fsp3) is 0.0476. The van der Waals surface area contributed by atoms with Crippen LogP contribution >= 0.6 is 0 Å². The molecule has 3 aromatic carbocycles. The molecule has 0 bridgehead atoms. The summed E-state index contributed by atoms with van der Waals surface area (Å²) in [5.74, 6) is -2.71. The molecule has 29 heavy (non-hydrogen) atoms. The Morgan fingerprint density at radius 2 is 1.66 bits per heavy atom. The quantitative estimate of drug-likeness (QED) is 0.275. The van der Waals surface area contributed by atoms with Gasteiger partial charge in [0.25, 0.3) is 5.69 Å². The molecule has 0 saturated heterocycles. The largest absolute Gasteiger partial charge is 0.507 e. The first-order valence-corrected chi connectivity index (χ1v) is 8.59. The molecule has 0 aromatic heterocycles. The van der Waals surface area contributed by atoms with Crippen LogP contribution in [0, 0.1) is 17.0 Å². The van der Waals surface area contributed by atoms with Gasteiger partial charge in [-0.05, 0) is 30.7 Å². The van der Waals surface area contributed by atoms with E-state index in [0.29, 0.717) is 5.69 Å². The molecule has 0 saturated carbocycles. The van der Waals surface area contributed by atoms with Crippen LogP contribution in [0.3, 0.4) is 0 Å². The molecule has 0 unspecified atom stereocenters. The molecule has 0 fully saturated rings. The molecule has 4 rings (SSSR count). The van der Waals surface area contributed by atoms with Gasteiger partial charge in [-0.1, -0.05) is 24.3 Å². The summed E-state index contributed by atoms with van der Waals surface area (Å²) in [5, 5.41) is 35.3. The standard InChI is InChI=1S/C21H14N2O6/c1-10-4-2-5-11(8-10)22-13-9-14(23(28)29)17-18(20(13)26)21(27)16-12(19(17)25)6-3-7-15(16)24/h2-9,22,24,26H,1H3. The molecular weight excluding hydrogens is 376 g/mol. The van der Waals surface area contributed by atoms with Gasteiger partial charge in [0.1, 0.15) is 11.3 Å². The maximum absolute atomic E-state index is 13.0. The fourth-order valence-corrected chi connectivity index (χ4v) is 3.45. The van der Waals surface area contributed by atoms with E-state index in [1.165, 1.54) is 18.2 Å². The van der Waals surface area contributed by atoms with Crippen LogP contribution in [0.2, 0.25) is 0 Å². The average molecular weight is 390 g/mol. The number of nitro groups is 1. The van der Waals surface area contributed by atoms with E-state index < -0.39 is 44.8 Å². The lowest BCUT2D eigenvalue weighted by Gasteiger charge is -2.21. The van der Waals surface area contributed by atoms with Gasteiger partial charge in [-0.3, -0.25) is 19.7 Å². The smallest absolute Gasteiger partial charge is 0.283 e. The van der Waals surface area contributed by atoms with Gasteiger partial charge in [-0.2, -0.15) is 0 Å². The number of carbonyl (C=O) groups is 2. The van der Waals surface area contributed by atoms with Crippen molar-refractivity contribution in [1.29, 1.82) is 0 Å². The predicted octanol–water partition coefficient (Wildman–Crippen LogP) is 3.83. The molecule has 0 amide bonds. The van der Waals surface area contributed by atoms with E-state index in [9.17, 15) is 29.9 Å². The Hall–Kier alpha value is -4.20. The van der Waals surface area contributed by atoms with Crippen molar-refractivity contribution >= 4 is 28.6 Å². The lowest BCUT2D eigenvalue weighted by Crippen LogP contribution is -2.23. The lowest BCUT2D eigenvalue weighted by atomic mass is 9.82. The highest BCUT2D eigenvalue weighted by atomic mass is 16.6. The van der Waals surface area contributed by atoms with Crippen molar-refractivity contribution < 1.29 is 24.7 Å². The number of hydrogen-bond acceptors (Lipinski definition) is 7. The first-order chi connectivity index (χ1) is 13.8. The minimum Gasteiger partial charge on any atom is -0.507 e. The summed E-state index contributed by atoms with van der Waals surface area (Å²) in [7, 11) is 0. The van der Waals surface area contributed by atoms with Crippen LogP contribution in [0.1, 0.15) is 37.4 Å². The van der Waals surface area contributed by atoms with Crippen LogP contribution in [0.15, 0.2) is 48.5 Å². The molecule has 1 aliphatic carbocycles. The van der Waals surface area contributed by atoms with Crippen molar-refractivity contribution in [2.75, 3.05) is 5.32 Å². The summed E-state index contributed by atoms with van der Waals surface area (Å²) in [6, 6.07) is 12.0. The number of hydrogen-bond donors (Lipinski definition) is 3. The van der Waals surface area contributed by atoms with Crippen LogP contribution in [0.4, 0.5) is 17.1 Å². The molecule has 0 heterocycles. The third-order valence-electron chi connectivity index (χ3n) is 4.74. The third-order valence-corrected chi connectivity index (χ3v) is 4.74. The van der Waals surface area contributed by atoms with Gasteiger partial charge in [-0.25, -0.2) is 0 Å². The van der Waals surface area contributed by atoms with Crippen LogP contribution in [-0.4, -0.2) is 26.7 Å². The van der Waals surface area contributed by atoms with Gasteiger partial charge in [0.2, 0.25) is 11.6 Å². The van der Waals surface area contributed by atoms with Crippen molar-refractivity contribution in [2.45, 2.75) is 6.92 Å². The number of ketones is 2. The topological polar surface area (TPSA) is 130 Å². The second-order valence-corrected chi connectivity index (χ2v) is 6.65. The Kier molecular flexibility index (Phi) is 4.04. The summed E-state index contributed by atoms with van der Waals surface area (Å²) in [6.07, 6.45) is 0. The Morgan fingerprint density at radius 3 is 2.34 bits per heavy atom. The molecule has 144 valence electrons. The van der Waals surface area contributed by atoms with Crippen LogP contribution < -0.4 is 5.32 Å². The Morgan fingerprint density at radius 1 is 0.931 bits per heavy atom. The van der Waals surface area contributed by atoms with E-state index >= 15 is 0 Å². The number of benzene rings is 3. The number of anilines is 2. The van der Waals surface area contributed by atoms with E-state index in [1.54, 1.807) is 18.2 Å². The number of nitrogens with one attached hydrogen (secondary N) is 1. The second kappa shape index (κ2) is 6.45. The predicted molar refractivity (Wildman–Crippen MR) is 104 cm³/mol. The van der Waals surface area contributed by atoms with E-state index in [4.69, 9.17) is 0 Å². The number of phenolic OH excluding ortho intramolecular Hbond substituents is 2. The number of nitro benzene ring substituents is 1. The highest BCUT2D eigenvalue weighted by Gasteiger charge is 2.40. The highest BCUT2D eigenvalue weighted by molar-refractivity contribution is 6.32. The first-order valence-electron chi connectivity index (χ1n) is 8.59. The molecular formula is C21H14N2O6. The number of phenols is 2. The normalized spacial score (nSPS) is 12.3. The van der Waals surface area contributed by atoms with Gasteiger partial charge < -0.3 is 15.5 Å². The molecule has 0 aliphatic heterocycles. The van der Waals surface area contributed by atoms with Crippen molar-refractivity contribution in [3.63, 3.8) is 0 Å². The van der Waals surface area contributed by atoms with Gasteiger partial charge in [0.15, 0.2) is 5.75 Å². The number of nitrogens with zero attached hydrogens (tertiary/aromatic N) is 1. The lowest BCUT2D eigenvalue weighted by molar-refractivity contribution is -0.385. The summed E-state index contributed by atoms with van der Waals surface area (Å²) in [4.78, 5) is 36.8. The zero-order valence-electron chi connectivity index (χ0n) is 15.1. The summed E-state index contributed by atoms with van der Waals surface area (Å²) >= 11 is 0. The molecule has 0 atom stereocenters. The molecule has 8 nitrogen and oxygen atoms in total. The van der Waals surface area contributed by atoms with E-state index in [-0.39, 0.29) is 16.8 Å². The van der Waals surface area contributed by atoms with E-state index in [0.717, 1.165) is 11.6 Å². The van der Waals surface area contributed by atoms with Crippen molar-refractivity contribution in [1.82, 2.24) is 0 Å². The number of carbonyl (C=O) groups excluding carboxylic acids is 2. The van der Waals surface area contributed by atoms with Gasteiger partial charge in [0, 0.05) is 17.3 Å². The van der Waals surface area contributed by atoms with Crippen LogP contribution in [0.5, 0.6) is 11.5 Å². The first kappa shape index (κ1) is 18.2. The molecule has 3 aromatic rings. The Bertz CT molecular complexity index is 1230. The average Bonchev–Trinajstić information content (AvgIpc) is 2.67. The number of aryl methyl sites for hydroxylation is 1. The summed E-state index contributed by atoms with van der Waals surface area (Å²) in [6.45, 7) is 1.85. The third kappa shape index (κ3) is 2.78. The summed E-state index contributed by atoms with van der Waals surface area (Å²) in [5.41, 5.74) is -0.703. The zero-order chi connectivity index (χ0) is 20.9. The van der Waals surface area contributed by atoms with Gasteiger partial charge in [0.05, 0.1) is 21.7 Å². The van der Waals surface area contributed by atoms with Crippen LogP contribution in [0.25, 0.3) is 0 Å². The molecule has 0 radical (unpaired) electrons. The fourth-order valence-electron chi connectivity index (χ4n) is 3.45. The number of aromatic hydroxyl groups is 2. The number of fused-ring (bicyclic) bond motifs is 2. The molecule has 8 heteroatoms. The Balaban J connectivity index is 1.98. The molecule has 1 aliphatic rings. The van der Waals surface area contributed by atoms with Gasteiger partial charge in [-0.15, -0.1) is 0 Å². The maximum Gasteiger partial charge on any atom is 0.283 e. The minimum absolute atomic E-state index is 0.0962.